The van der Waals surface area contributed by atoms with E-state index in [1.54, 1.807) is 24.3 Å². The number of nitrogens with one attached hydrogen (secondary N) is 2. The van der Waals surface area contributed by atoms with Crippen LogP contribution in [0.3, 0.4) is 0 Å². The number of ether oxygens (including phenoxy) is 1. The van der Waals surface area contributed by atoms with E-state index in [2.05, 4.69) is 20.6 Å². The molecule has 2 N–H and O–H groups in total. The first kappa shape index (κ1) is 22.6. The summed E-state index contributed by atoms with van der Waals surface area (Å²) in [6, 6.07) is 23.9. The van der Waals surface area contributed by atoms with Crippen molar-refractivity contribution in [1.82, 2.24) is 9.97 Å². The van der Waals surface area contributed by atoms with Crippen molar-refractivity contribution < 1.29 is 9.53 Å². The highest BCUT2D eigenvalue weighted by Crippen LogP contribution is 2.27. The largest absolute Gasteiger partial charge is 0.482 e. The third kappa shape index (κ3) is 6.22. The lowest BCUT2D eigenvalue weighted by Crippen LogP contribution is -2.20. The summed E-state index contributed by atoms with van der Waals surface area (Å²) < 4.78 is 5.48. The number of anilines is 3. The molecule has 0 saturated heterocycles. The van der Waals surface area contributed by atoms with E-state index in [9.17, 15) is 4.79 Å². The van der Waals surface area contributed by atoms with Crippen molar-refractivity contribution in [2.24, 2.45) is 0 Å². The predicted octanol–water partition coefficient (Wildman–Crippen LogP) is 6.52. The van der Waals surface area contributed by atoms with Crippen LogP contribution in [0, 0.1) is 6.92 Å². The monoisotopic (exact) mass is 478 g/mol. The van der Waals surface area contributed by atoms with Crippen molar-refractivity contribution in [3.8, 4) is 17.0 Å². The molecule has 0 spiro atoms. The molecule has 0 aliphatic rings. The van der Waals surface area contributed by atoms with Gasteiger partial charge in [0.1, 0.15) is 17.4 Å². The molecule has 1 aromatic heterocycles. The number of aryl methyl sites for hydroxylation is 1. The number of benzene rings is 3. The molecule has 8 heteroatoms. The van der Waals surface area contributed by atoms with Crippen LogP contribution in [0.2, 0.25) is 10.0 Å². The van der Waals surface area contributed by atoms with Gasteiger partial charge in [0.2, 0.25) is 0 Å². The Balaban J connectivity index is 1.42. The minimum Gasteiger partial charge on any atom is -0.482 e. The summed E-state index contributed by atoms with van der Waals surface area (Å²) in [4.78, 5) is 21.3. The van der Waals surface area contributed by atoms with Crippen LogP contribution in [-0.4, -0.2) is 22.5 Å². The summed E-state index contributed by atoms with van der Waals surface area (Å²) in [6.07, 6.45) is 0. The van der Waals surface area contributed by atoms with E-state index in [1.165, 1.54) is 0 Å². The SMILES string of the molecule is Cc1nc(Nc2cccc(NC(=O)COc3ccc(Cl)cc3Cl)c2)cc(-c2ccccc2)n1. The number of nitrogens with zero attached hydrogens (tertiary/aromatic N) is 2. The van der Waals surface area contributed by atoms with Gasteiger partial charge in [-0.1, -0.05) is 59.6 Å². The second-order valence-electron chi connectivity index (χ2n) is 7.17. The van der Waals surface area contributed by atoms with Crippen LogP contribution in [0.25, 0.3) is 11.3 Å². The highest BCUT2D eigenvalue weighted by Gasteiger charge is 2.09. The fourth-order valence-corrected chi connectivity index (χ4v) is 3.61. The van der Waals surface area contributed by atoms with Gasteiger partial charge in [0.05, 0.1) is 10.7 Å². The van der Waals surface area contributed by atoms with Gasteiger partial charge in [-0.15, -0.1) is 0 Å². The molecule has 3 aromatic carbocycles. The Morgan fingerprint density at radius 1 is 0.909 bits per heavy atom. The van der Waals surface area contributed by atoms with Crippen LogP contribution in [0.15, 0.2) is 78.9 Å². The minimum absolute atomic E-state index is 0.190. The summed E-state index contributed by atoms with van der Waals surface area (Å²) in [5.41, 5.74) is 3.22. The topological polar surface area (TPSA) is 76.1 Å². The van der Waals surface area contributed by atoms with Gasteiger partial charge in [-0.3, -0.25) is 4.79 Å². The fourth-order valence-electron chi connectivity index (χ4n) is 3.14. The molecule has 33 heavy (non-hydrogen) atoms. The number of aromatic nitrogens is 2. The number of rotatable bonds is 7. The summed E-state index contributed by atoms with van der Waals surface area (Å²) in [7, 11) is 0. The number of carbonyl (C=O) groups is 1. The first-order chi connectivity index (χ1) is 16.0. The zero-order valence-corrected chi connectivity index (χ0v) is 19.2. The van der Waals surface area contributed by atoms with Crippen molar-refractivity contribution in [3.05, 3.63) is 94.7 Å². The molecule has 0 unspecified atom stereocenters. The molecule has 4 aromatic rings. The Morgan fingerprint density at radius 2 is 1.70 bits per heavy atom. The van der Waals surface area contributed by atoms with E-state index < -0.39 is 0 Å². The molecular formula is C25H20Cl2N4O2. The Labute approximate surface area is 201 Å². The molecule has 4 rings (SSSR count). The molecule has 0 atom stereocenters. The highest BCUT2D eigenvalue weighted by atomic mass is 35.5. The Morgan fingerprint density at radius 3 is 2.48 bits per heavy atom. The van der Waals surface area contributed by atoms with E-state index in [-0.39, 0.29) is 12.5 Å². The molecule has 0 fully saturated rings. The third-order valence-electron chi connectivity index (χ3n) is 4.58. The lowest BCUT2D eigenvalue weighted by atomic mass is 10.1. The molecular weight excluding hydrogens is 459 g/mol. The first-order valence-corrected chi connectivity index (χ1v) is 10.9. The Hall–Kier alpha value is -3.61. The predicted molar refractivity (Wildman–Crippen MR) is 133 cm³/mol. The summed E-state index contributed by atoms with van der Waals surface area (Å²) in [6.45, 7) is 1.66. The second kappa shape index (κ2) is 10.3. The number of carbonyl (C=O) groups excluding carboxylic acids is 1. The lowest BCUT2D eigenvalue weighted by Gasteiger charge is -2.12. The molecule has 0 saturated carbocycles. The maximum absolute atomic E-state index is 12.3. The van der Waals surface area contributed by atoms with E-state index >= 15 is 0 Å². The van der Waals surface area contributed by atoms with Crippen molar-refractivity contribution in [2.75, 3.05) is 17.2 Å². The normalized spacial score (nSPS) is 10.5. The zero-order valence-electron chi connectivity index (χ0n) is 17.7. The van der Waals surface area contributed by atoms with E-state index in [0.29, 0.717) is 33.1 Å². The minimum atomic E-state index is -0.317. The van der Waals surface area contributed by atoms with Crippen LogP contribution in [0.5, 0.6) is 5.75 Å². The smallest absolute Gasteiger partial charge is 0.262 e. The molecule has 0 aliphatic heterocycles. The number of amides is 1. The van der Waals surface area contributed by atoms with Crippen molar-refractivity contribution in [1.29, 1.82) is 0 Å². The Bertz CT molecular complexity index is 1280. The third-order valence-corrected chi connectivity index (χ3v) is 5.11. The Kier molecular flexibility index (Phi) is 7.07. The van der Waals surface area contributed by atoms with Crippen LogP contribution < -0.4 is 15.4 Å². The van der Waals surface area contributed by atoms with Gasteiger partial charge < -0.3 is 15.4 Å². The molecule has 6 nitrogen and oxygen atoms in total. The van der Waals surface area contributed by atoms with Crippen LogP contribution in [-0.2, 0) is 4.79 Å². The van der Waals surface area contributed by atoms with Crippen LogP contribution >= 0.6 is 23.2 Å². The first-order valence-electron chi connectivity index (χ1n) is 10.1. The van der Waals surface area contributed by atoms with Crippen molar-refractivity contribution >= 4 is 46.3 Å². The number of hydrogen-bond acceptors (Lipinski definition) is 5. The average molecular weight is 479 g/mol. The fraction of sp³-hybridized carbons (Fsp3) is 0.0800. The maximum atomic E-state index is 12.3. The molecule has 0 aliphatic carbocycles. The van der Waals surface area contributed by atoms with Gasteiger partial charge in [0.25, 0.3) is 5.91 Å². The van der Waals surface area contributed by atoms with Gasteiger partial charge in [0.15, 0.2) is 6.61 Å². The molecule has 1 amide bonds. The number of halogens is 2. The zero-order chi connectivity index (χ0) is 23.2. The second-order valence-corrected chi connectivity index (χ2v) is 8.01. The van der Waals surface area contributed by atoms with Crippen LogP contribution in [0.1, 0.15) is 5.82 Å². The molecule has 166 valence electrons. The van der Waals surface area contributed by atoms with Crippen molar-refractivity contribution in [2.45, 2.75) is 6.92 Å². The molecule has 0 bridgehead atoms. The van der Waals surface area contributed by atoms with Gasteiger partial charge >= 0.3 is 0 Å². The van der Waals surface area contributed by atoms with E-state index in [4.69, 9.17) is 27.9 Å². The average Bonchev–Trinajstić information content (AvgIpc) is 2.79. The molecule has 0 radical (unpaired) electrons. The van der Waals surface area contributed by atoms with Crippen LogP contribution in [0.4, 0.5) is 17.2 Å². The lowest BCUT2D eigenvalue weighted by molar-refractivity contribution is -0.118. The highest BCUT2D eigenvalue weighted by molar-refractivity contribution is 6.35. The van der Waals surface area contributed by atoms with Crippen molar-refractivity contribution in [3.63, 3.8) is 0 Å². The quantitative estimate of drug-likeness (QED) is 0.316. The maximum Gasteiger partial charge on any atom is 0.262 e. The van der Waals surface area contributed by atoms with Gasteiger partial charge in [-0.2, -0.15) is 0 Å². The van der Waals surface area contributed by atoms with E-state index in [0.717, 1.165) is 16.9 Å². The number of hydrogen-bond donors (Lipinski definition) is 2. The van der Waals surface area contributed by atoms with Gasteiger partial charge in [-0.25, -0.2) is 9.97 Å². The van der Waals surface area contributed by atoms with Gasteiger partial charge in [-0.05, 0) is 43.3 Å². The van der Waals surface area contributed by atoms with Gasteiger partial charge in [0, 0.05) is 28.0 Å². The standard InChI is InChI=1S/C25H20Cl2N4O2/c1-16-28-22(17-6-3-2-4-7-17)14-24(29-16)30-19-8-5-9-20(13-19)31-25(32)15-33-23-11-10-18(26)12-21(23)27/h2-14H,15H2,1H3,(H,31,32)(H,28,29,30). The summed E-state index contributed by atoms with van der Waals surface area (Å²) >= 11 is 11.9. The summed E-state index contributed by atoms with van der Waals surface area (Å²) in [5.74, 6) is 1.38. The summed E-state index contributed by atoms with van der Waals surface area (Å²) in [5, 5.41) is 6.93. The molecule has 1 heterocycles. The van der Waals surface area contributed by atoms with E-state index in [1.807, 2.05) is 61.5 Å².